The van der Waals surface area contributed by atoms with Gasteiger partial charge in [-0.1, -0.05) is 20.3 Å². The molecular weight excluding hydrogens is 194 g/mol. The lowest BCUT2D eigenvalue weighted by atomic mass is 9.68. The van der Waals surface area contributed by atoms with E-state index in [2.05, 4.69) is 19.2 Å². The fourth-order valence-electron chi connectivity index (χ4n) is 1.71. The Bertz CT molecular complexity index is 257. The largest absolute Gasteiger partial charge is 0.480 e. The van der Waals surface area contributed by atoms with E-state index in [1.54, 1.807) is 0 Å². The molecule has 0 unspecified atom stereocenters. The number of hydrogen-bond donors (Lipinski definition) is 2. The molecule has 1 amide bonds. The van der Waals surface area contributed by atoms with Crippen molar-refractivity contribution in [2.45, 2.75) is 39.5 Å². The summed E-state index contributed by atoms with van der Waals surface area (Å²) < 4.78 is 0. The molecule has 0 spiro atoms. The second-order valence-corrected chi connectivity index (χ2v) is 4.68. The fourth-order valence-corrected chi connectivity index (χ4v) is 1.71. The molecule has 4 heteroatoms. The van der Waals surface area contributed by atoms with Crippen molar-refractivity contribution in [1.29, 1.82) is 0 Å². The number of rotatable bonds is 5. The van der Waals surface area contributed by atoms with Gasteiger partial charge in [0.05, 0.1) is 0 Å². The molecule has 15 heavy (non-hydrogen) atoms. The molecular formula is C11H19NO3. The predicted octanol–water partition coefficient (Wildman–Crippen LogP) is 1.40. The average molecular weight is 213 g/mol. The number of carboxylic acids is 1. The molecule has 0 aliphatic heterocycles. The van der Waals surface area contributed by atoms with Gasteiger partial charge >= 0.3 is 5.97 Å². The van der Waals surface area contributed by atoms with Crippen LogP contribution in [-0.2, 0) is 9.59 Å². The fraction of sp³-hybridized carbons (Fsp3) is 0.818. The average Bonchev–Trinajstić information content (AvgIpc) is 1.99. The van der Waals surface area contributed by atoms with Crippen molar-refractivity contribution in [2.24, 2.45) is 11.3 Å². The number of carbonyl (C=O) groups is 2. The van der Waals surface area contributed by atoms with Crippen LogP contribution in [0.25, 0.3) is 0 Å². The highest BCUT2D eigenvalue weighted by Crippen LogP contribution is 2.41. The molecule has 0 aromatic heterocycles. The summed E-state index contributed by atoms with van der Waals surface area (Å²) in [6, 6.07) is 0. The van der Waals surface area contributed by atoms with E-state index >= 15 is 0 Å². The third-order valence-electron chi connectivity index (χ3n) is 3.06. The lowest BCUT2D eigenvalue weighted by molar-refractivity contribution is -0.162. The summed E-state index contributed by atoms with van der Waals surface area (Å²) in [7, 11) is 0. The van der Waals surface area contributed by atoms with Gasteiger partial charge in [-0.15, -0.1) is 0 Å². The molecule has 1 fully saturated rings. The Morgan fingerprint density at radius 1 is 1.40 bits per heavy atom. The van der Waals surface area contributed by atoms with Crippen molar-refractivity contribution < 1.29 is 14.7 Å². The van der Waals surface area contributed by atoms with Crippen molar-refractivity contribution in [3.05, 3.63) is 0 Å². The SMILES string of the molecule is CC(C)CCNC(=O)C1(C(=O)O)CCC1. The van der Waals surface area contributed by atoms with Crippen LogP contribution in [0.3, 0.4) is 0 Å². The van der Waals surface area contributed by atoms with Crippen LogP contribution >= 0.6 is 0 Å². The number of hydrogen-bond acceptors (Lipinski definition) is 2. The maximum Gasteiger partial charge on any atom is 0.319 e. The lowest BCUT2D eigenvalue weighted by Crippen LogP contribution is -2.51. The lowest BCUT2D eigenvalue weighted by Gasteiger charge is -2.35. The van der Waals surface area contributed by atoms with Crippen LogP contribution in [0.4, 0.5) is 0 Å². The third kappa shape index (κ3) is 2.49. The van der Waals surface area contributed by atoms with E-state index in [4.69, 9.17) is 5.11 Å². The Morgan fingerprint density at radius 2 is 2.00 bits per heavy atom. The standard InChI is InChI=1S/C11H19NO3/c1-8(2)4-7-12-9(13)11(10(14)15)5-3-6-11/h8H,3-7H2,1-2H3,(H,12,13)(H,14,15). The van der Waals surface area contributed by atoms with E-state index < -0.39 is 11.4 Å². The van der Waals surface area contributed by atoms with Crippen LogP contribution in [0.15, 0.2) is 0 Å². The summed E-state index contributed by atoms with van der Waals surface area (Å²) in [4.78, 5) is 22.7. The maximum atomic E-state index is 11.7. The van der Waals surface area contributed by atoms with E-state index in [0.29, 0.717) is 25.3 Å². The minimum atomic E-state index is -1.11. The zero-order valence-corrected chi connectivity index (χ0v) is 9.38. The van der Waals surface area contributed by atoms with Crippen LogP contribution < -0.4 is 5.32 Å². The zero-order valence-electron chi connectivity index (χ0n) is 9.38. The summed E-state index contributed by atoms with van der Waals surface area (Å²) in [6.45, 7) is 4.72. The van der Waals surface area contributed by atoms with Crippen molar-refractivity contribution in [1.82, 2.24) is 5.32 Å². The molecule has 0 radical (unpaired) electrons. The first kappa shape index (κ1) is 12.0. The monoisotopic (exact) mass is 213 g/mol. The molecule has 2 N–H and O–H groups in total. The van der Waals surface area contributed by atoms with Crippen LogP contribution in [0.1, 0.15) is 39.5 Å². The van der Waals surface area contributed by atoms with Gasteiger partial charge in [-0.2, -0.15) is 0 Å². The number of carbonyl (C=O) groups excluding carboxylic acids is 1. The summed E-state index contributed by atoms with van der Waals surface area (Å²) in [6.07, 6.45) is 2.69. The minimum Gasteiger partial charge on any atom is -0.480 e. The van der Waals surface area contributed by atoms with Gasteiger partial charge in [0.15, 0.2) is 0 Å². The molecule has 0 bridgehead atoms. The van der Waals surface area contributed by atoms with Gasteiger partial charge in [0.2, 0.25) is 5.91 Å². The highest BCUT2D eigenvalue weighted by Gasteiger charge is 2.50. The van der Waals surface area contributed by atoms with Gasteiger partial charge in [0.1, 0.15) is 5.41 Å². The van der Waals surface area contributed by atoms with Crippen molar-refractivity contribution >= 4 is 11.9 Å². The van der Waals surface area contributed by atoms with Gasteiger partial charge < -0.3 is 10.4 Å². The molecule has 0 aromatic rings. The molecule has 0 heterocycles. The van der Waals surface area contributed by atoms with E-state index in [-0.39, 0.29) is 5.91 Å². The molecule has 1 aliphatic rings. The molecule has 1 rings (SSSR count). The number of aliphatic carboxylic acids is 1. The predicted molar refractivity (Wildman–Crippen MR) is 56.4 cm³/mol. The van der Waals surface area contributed by atoms with E-state index in [0.717, 1.165) is 12.8 Å². The zero-order chi connectivity index (χ0) is 11.5. The highest BCUT2D eigenvalue weighted by molar-refractivity contribution is 6.02. The van der Waals surface area contributed by atoms with Crippen molar-refractivity contribution in [3.63, 3.8) is 0 Å². The molecule has 4 nitrogen and oxygen atoms in total. The molecule has 1 aliphatic carbocycles. The Balaban J connectivity index is 2.42. The third-order valence-corrected chi connectivity index (χ3v) is 3.06. The smallest absolute Gasteiger partial charge is 0.319 e. The van der Waals surface area contributed by atoms with Gasteiger partial charge in [-0.25, -0.2) is 0 Å². The normalized spacial score (nSPS) is 18.3. The first-order valence-electron chi connectivity index (χ1n) is 5.51. The van der Waals surface area contributed by atoms with Crippen LogP contribution in [0, 0.1) is 11.3 Å². The van der Waals surface area contributed by atoms with Gasteiger partial charge in [0, 0.05) is 6.54 Å². The second kappa shape index (κ2) is 4.64. The van der Waals surface area contributed by atoms with Crippen LogP contribution in [0.5, 0.6) is 0 Å². The summed E-state index contributed by atoms with van der Waals surface area (Å²) in [5.74, 6) is -0.759. The Kier molecular flexibility index (Phi) is 3.72. The Labute approximate surface area is 90.0 Å². The highest BCUT2D eigenvalue weighted by atomic mass is 16.4. The minimum absolute atomic E-state index is 0.304. The second-order valence-electron chi connectivity index (χ2n) is 4.68. The summed E-state index contributed by atoms with van der Waals surface area (Å²) >= 11 is 0. The maximum absolute atomic E-state index is 11.7. The topological polar surface area (TPSA) is 66.4 Å². The van der Waals surface area contributed by atoms with Crippen molar-refractivity contribution in [3.8, 4) is 0 Å². The molecule has 0 aromatic carbocycles. The molecule has 1 saturated carbocycles. The van der Waals surface area contributed by atoms with Gasteiger partial charge in [0.25, 0.3) is 0 Å². The van der Waals surface area contributed by atoms with Gasteiger partial charge in [-0.3, -0.25) is 9.59 Å². The Hall–Kier alpha value is -1.06. The number of amides is 1. The van der Waals surface area contributed by atoms with E-state index in [1.165, 1.54) is 0 Å². The Morgan fingerprint density at radius 3 is 2.33 bits per heavy atom. The molecule has 0 atom stereocenters. The van der Waals surface area contributed by atoms with Crippen LogP contribution in [-0.4, -0.2) is 23.5 Å². The van der Waals surface area contributed by atoms with Crippen LogP contribution in [0.2, 0.25) is 0 Å². The number of carboxylic acid groups (broad SMARTS) is 1. The first-order valence-corrected chi connectivity index (χ1v) is 5.51. The van der Waals surface area contributed by atoms with Crippen molar-refractivity contribution in [2.75, 3.05) is 6.54 Å². The quantitative estimate of drug-likeness (QED) is 0.678. The summed E-state index contributed by atoms with van der Waals surface area (Å²) in [5, 5.41) is 11.7. The molecule has 86 valence electrons. The number of nitrogens with one attached hydrogen (secondary N) is 1. The summed E-state index contributed by atoms with van der Waals surface area (Å²) in [5.41, 5.74) is -1.11. The first-order chi connectivity index (χ1) is 6.99. The molecule has 0 saturated heterocycles. The van der Waals surface area contributed by atoms with E-state index in [9.17, 15) is 9.59 Å². The van der Waals surface area contributed by atoms with Gasteiger partial charge in [-0.05, 0) is 25.2 Å². The van der Waals surface area contributed by atoms with E-state index in [1.807, 2.05) is 0 Å².